The van der Waals surface area contributed by atoms with E-state index in [4.69, 9.17) is 30.5 Å². The number of ether oxygens (including phenoxy) is 4. The van der Waals surface area contributed by atoms with Gasteiger partial charge in [-0.15, -0.1) is 11.6 Å². The molecule has 5 atom stereocenters. The molecule has 1 aliphatic heterocycles. The molecule has 0 amide bonds. The lowest BCUT2D eigenvalue weighted by Crippen LogP contribution is -2.61. The SMILES string of the molecule is O=C(CCl)O[C@H]1[C@H](O)[C@@H](COC(=O)c2ccccc2)O[C@H](O)[C@@H]1OC(=O)c1ccccc1. The molecule has 1 saturated heterocycles. The van der Waals surface area contributed by atoms with Gasteiger partial charge in [0.2, 0.25) is 0 Å². The van der Waals surface area contributed by atoms with Crippen LogP contribution in [0.1, 0.15) is 20.7 Å². The highest BCUT2D eigenvalue weighted by Crippen LogP contribution is 2.26. The molecule has 9 nitrogen and oxygen atoms in total. The molecular formula is C22H21ClO9. The van der Waals surface area contributed by atoms with Crippen molar-refractivity contribution in [3.63, 3.8) is 0 Å². The second-order valence-corrected chi connectivity index (χ2v) is 7.11. The summed E-state index contributed by atoms with van der Waals surface area (Å²) in [6, 6.07) is 16.0. The Morgan fingerprint density at radius 3 is 1.97 bits per heavy atom. The van der Waals surface area contributed by atoms with Crippen LogP contribution in [0.3, 0.4) is 0 Å². The molecule has 0 saturated carbocycles. The summed E-state index contributed by atoms with van der Waals surface area (Å²) in [5, 5.41) is 21.1. The van der Waals surface area contributed by atoms with Crippen LogP contribution < -0.4 is 0 Å². The van der Waals surface area contributed by atoms with E-state index in [-0.39, 0.29) is 11.1 Å². The first-order valence-corrected chi connectivity index (χ1v) is 10.2. The van der Waals surface area contributed by atoms with Crippen LogP contribution in [-0.4, -0.2) is 71.3 Å². The Balaban J connectivity index is 1.72. The second-order valence-electron chi connectivity index (χ2n) is 6.84. The number of hydrogen-bond donors (Lipinski definition) is 2. The molecule has 0 unspecified atom stereocenters. The zero-order valence-corrected chi connectivity index (χ0v) is 17.5. The average Bonchev–Trinajstić information content (AvgIpc) is 2.83. The number of hydrogen-bond acceptors (Lipinski definition) is 9. The first-order chi connectivity index (χ1) is 15.4. The number of carbonyl (C=O) groups is 3. The molecule has 3 rings (SSSR count). The third-order valence-electron chi connectivity index (χ3n) is 4.65. The predicted molar refractivity (Wildman–Crippen MR) is 110 cm³/mol. The number of carbonyl (C=O) groups excluding carboxylic acids is 3. The van der Waals surface area contributed by atoms with Crippen LogP contribution in [0.4, 0.5) is 0 Å². The molecule has 170 valence electrons. The van der Waals surface area contributed by atoms with E-state index >= 15 is 0 Å². The normalized spacial score (nSPS) is 24.9. The number of halogens is 1. The van der Waals surface area contributed by atoms with Gasteiger partial charge in [-0.05, 0) is 24.3 Å². The summed E-state index contributed by atoms with van der Waals surface area (Å²) < 4.78 is 20.8. The van der Waals surface area contributed by atoms with Gasteiger partial charge in [0.05, 0.1) is 11.1 Å². The molecule has 2 N–H and O–H groups in total. The van der Waals surface area contributed by atoms with Crippen molar-refractivity contribution in [2.45, 2.75) is 30.7 Å². The van der Waals surface area contributed by atoms with Crippen LogP contribution in [0.2, 0.25) is 0 Å². The van der Waals surface area contributed by atoms with E-state index in [9.17, 15) is 24.6 Å². The van der Waals surface area contributed by atoms with Crippen LogP contribution in [0.25, 0.3) is 0 Å². The van der Waals surface area contributed by atoms with Gasteiger partial charge in [0, 0.05) is 0 Å². The van der Waals surface area contributed by atoms with Gasteiger partial charge in [-0.2, -0.15) is 0 Å². The van der Waals surface area contributed by atoms with Crippen molar-refractivity contribution >= 4 is 29.5 Å². The molecule has 10 heteroatoms. The van der Waals surface area contributed by atoms with Crippen molar-refractivity contribution in [1.29, 1.82) is 0 Å². The maximum Gasteiger partial charge on any atom is 0.338 e. The van der Waals surface area contributed by atoms with Gasteiger partial charge < -0.3 is 29.2 Å². The van der Waals surface area contributed by atoms with Crippen LogP contribution >= 0.6 is 11.6 Å². The third-order valence-corrected chi connectivity index (χ3v) is 4.87. The van der Waals surface area contributed by atoms with Crippen molar-refractivity contribution in [2.75, 3.05) is 12.5 Å². The summed E-state index contributed by atoms with van der Waals surface area (Å²) in [4.78, 5) is 36.3. The number of rotatable bonds is 7. The third kappa shape index (κ3) is 5.83. The van der Waals surface area contributed by atoms with Crippen molar-refractivity contribution in [2.24, 2.45) is 0 Å². The van der Waals surface area contributed by atoms with Gasteiger partial charge >= 0.3 is 17.9 Å². The minimum Gasteiger partial charge on any atom is -0.459 e. The Bertz CT molecular complexity index is 922. The first kappa shape index (κ1) is 23.7. The lowest BCUT2D eigenvalue weighted by molar-refractivity contribution is -0.288. The van der Waals surface area contributed by atoms with E-state index in [1.54, 1.807) is 48.5 Å². The quantitative estimate of drug-likeness (QED) is 0.354. The highest BCUT2D eigenvalue weighted by atomic mass is 35.5. The lowest BCUT2D eigenvalue weighted by atomic mass is 9.98. The molecule has 0 radical (unpaired) electrons. The summed E-state index contributed by atoms with van der Waals surface area (Å²) in [5.41, 5.74) is 0.452. The summed E-state index contributed by atoms with van der Waals surface area (Å²) in [5.74, 6) is -2.95. The van der Waals surface area contributed by atoms with Gasteiger partial charge in [-0.1, -0.05) is 36.4 Å². The van der Waals surface area contributed by atoms with Crippen LogP contribution in [-0.2, 0) is 23.7 Å². The largest absolute Gasteiger partial charge is 0.459 e. The van der Waals surface area contributed by atoms with Crippen molar-refractivity contribution in [3.8, 4) is 0 Å². The maximum absolute atomic E-state index is 12.4. The summed E-state index contributed by atoms with van der Waals surface area (Å²) in [7, 11) is 0. The molecule has 0 spiro atoms. The molecule has 2 aromatic rings. The number of esters is 3. The highest BCUT2D eigenvalue weighted by Gasteiger charge is 2.49. The topological polar surface area (TPSA) is 129 Å². The van der Waals surface area contributed by atoms with E-state index in [0.717, 1.165) is 0 Å². The molecule has 0 aromatic heterocycles. The van der Waals surface area contributed by atoms with Crippen LogP contribution in [0, 0.1) is 0 Å². The zero-order valence-electron chi connectivity index (χ0n) is 16.7. The molecule has 32 heavy (non-hydrogen) atoms. The average molecular weight is 465 g/mol. The van der Waals surface area contributed by atoms with Crippen molar-refractivity contribution < 1.29 is 43.5 Å². The minimum atomic E-state index is -1.78. The number of aliphatic hydroxyl groups is 2. The van der Waals surface area contributed by atoms with E-state index in [2.05, 4.69) is 0 Å². The molecule has 1 fully saturated rings. The summed E-state index contributed by atoms with van der Waals surface area (Å²) >= 11 is 5.48. The van der Waals surface area contributed by atoms with Crippen molar-refractivity contribution in [1.82, 2.24) is 0 Å². The number of benzene rings is 2. The Morgan fingerprint density at radius 2 is 1.41 bits per heavy atom. The fourth-order valence-electron chi connectivity index (χ4n) is 3.07. The highest BCUT2D eigenvalue weighted by molar-refractivity contribution is 6.26. The minimum absolute atomic E-state index is 0.176. The predicted octanol–water partition coefficient (Wildman–Crippen LogP) is 1.30. The number of aliphatic hydroxyl groups excluding tert-OH is 2. The van der Waals surface area contributed by atoms with Crippen molar-refractivity contribution in [3.05, 3.63) is 71.8 Å². The first-order valence-electron chi connectivity index (χ1n) is 9.66. The van der Waals surface area contributed by atoms with Gasteiger partial charge in [-0.25, -0.2) is 9.59 Å². The second kappa shape index (κ2) is 11.1. The molecule has 1 heterocycles. The van der Waals surface area contributed by atoms with E-state index in [1.165, 1.54) is 12.1 Å². The summed E-state index contributed by atoms with van der Waals surface area (Å²) in [6.45, 7) is -0.458. The van der Waals surface area contributed by atoms with Gasteiger partial charge in [-0.3, -0.25) is 4.79 Å². The molecule has 0 aliphatic carbocycles. The van der Waals surface area contributed by atoms with E-state index in [0.29, 0.717) is 0 Å². The standard InChI is InChI=1S/C22H21ClO9/c23-11-16(24)31-18-17(25)15(12-29-20(26)13-7-3-1-4-8-13)30-22(28)19(18)32-21(27)14-9-5-2-6-10-14/h1-10,15,17-19,22,25,28H,11-12H2/t15-,17-,18+,19-,22+/m1/s1. The Labute approximate surface area is 188 Å². The zero-order chi connectivity index (χ0) is 23.1. The molecule has 1 aliphatic rings. The van der Waals surface area contributed by atoms with Crippen LogP contribution in [0.5, 0.6) is 0 Å². The van der Waals surface area contributed by atoms with Crippen LogP contribution in [0.15, 0.2) is 60.7 Å². The Morgan fingerprint density at radius 1 is 0.844 bits per heavy atom. The lowest BCUT2D eigenvalue weighted by Gasteiger charge is -2.41. The fourth-order valence-corrected chi connectivity index (χ4v) is 3.13. The monoisotopic (exact) mass is 464 g/mol. The van der Waals surface area contributed by atoms with E-state index < -0.39 is 61.1 Å². The smallest absolute Gasteiger partial charge is 0.338 e. The molecule has 2 aromatic carbocycles. The van der Waals surface area contributed by atoms with Gasteiger partial charge in [0.25, 0.3) is 0 Å². The molecule has 0 bridgehead atoms. The summed E-state index contributed by atoms with van der Waals surface area (Å²) in [6.07, 6.45) is -7.70. The Hall–Kier alpha value is -2.98. The van der Waals surface area contributed by atoms with Gasteiger partial charge in [0.1, 0.15) is 24.7 Å². The maximum atomic E-state index is 12.4. The number of alkyl halides is 1. The van der Waals surface area contributed by atoms with Gasteiger partial charge in [0.15, 0.2) is 18.5 Å². The van der Waals surface area contributed by atoms with E-state index in [1.807, 2.05) is 0 Å². The fraction of sp³-hybridized carbons (Fsp3) is 0.318. The Kier molecular flexibility index (Phi) is 8.18. The molecular weight excluding hydrogens is 444 g/mol.